The second kappa shape index (κ2) is 19.3. The number of phosphoric ester groups is 1. The topological polar surface area (TPSA) is 156 Å². The smallest absolute Gasteiger partial charge is 0.377 e. The Bertz CT molecular complexity index is 951. The summed E-state index contributed by atoms with van der Waals surface area (Å²) >= 11 is 0. The molecule has 0 aromatic carbocycles. The van der Waals surface area contributed by atoms with Gasteiger partial charge in [0.1, 0.15) is 5.78 Å². The predicted molar refractivity (Wildman–Crippen MR) is 166 cm³/mol. The maximum atomic E-state index is 13.0. The van der Waals surface area contributed by atoms with Gasteiger partial charge in [-0.25, -0.2) is 9.45 Å². The van der Waals surface area contributed by atoms with Gasteiger partial charge in [-0.3, -0.25) is 18.9 Å². The average Bonchev–Trinajstić information content (AvgIpc) is 3.51. The molecule has 2 saturated heterocycles. The number of phosphoric acid groups is 1. The summed E-state index contributed by atoms with van der Waals surface area (Å²) in [7, 11) is -4.69. The van der Waals surface area contributed by atoms with Crippen molar-refractivity contribution in [2.24, 2.45) is 5.92 Å². The Balaban J connectivity index is 1.87. The molecule has 1 unspecified atom stereocenters. The van der Waals surface area contributed by atoms with E-state index in [1.54, 1.807) is 4.90 Å². The van der Waals surface area contributed by atoms with Crippen molar-refractivity contribution < 1.29 is 42.7 Å². The second-order valence-corrected chi connectivity index (χ2v) is 14.3. The average molecular weight is 649 g/mol. The molecule has 2 aliphatic heterocycles. The quantitative estimate of drug-likeness (QED) is 0.0724. The Morgan fingerprint density at radius 2 is 1.48 bits per heavy atom. The summed E-state index contributed by atoms with van der Waals surface area (Å²) in [5, 5.41) is 6.56. The SMILES string of the molecule is CC(C)NCCCC(=O)CCC(=O)N1C[C@H](C)C[C@H]1OOP(=O)(O)O[C@@H]1C[C@@H](COC(C)C)N(C(=O)CCCNC(C)C)C1. The van der Waals surface area contributed by atoms with Gasteiger partial charge in [0.15, 0.2) is 6.23 Å². The lowest BCUT2D eigenvalue weighted by Crippen LogP contribution is -2.39. The Labute approximate surface area is 263 Å². The summed E-state index contributed by atoms with van der Waals surface area (Å²) in [4.78, 5) is 57.1. The molecule has 0 aromatic heterocycles. The molecule has 0 radical (unpaired) electrons. The minimum Gasteiger partial charge on any atom is -0.377 e. The third-order valence-electron chi connectivity index (χ3n) is 7.55. The molecule has 14 heteroatoms. The van der Waals surface area contributed by atoms with E-state index in [1.807, 2.05) is 48.5 Å². The minimum atomic E-state index is -4.69. The number of amides is 2. The van der Waals surface area contributed by atoms with Crippen molar-refractivity contribution in [1.29, 1.82) is 0 Å². The van der Waals surface area contributed by atoms with E-state index in [9.17, 15) is 23.8 Å². The van der Waals surface area contributed by atoms with Crippen molar-refractivity contribution in [3.63, 3.8) is 0 Å². The highest BCUT2D eigenvalue weighted by Gasteiger charge is 2.42. The van der Waals surface area contributed by atoms with Gasteiger partial charge in [-0.15, -0.1) is 4.67 Å². The molecule has 13 nitrogen and oxygen atoms in total. The van der Waals surface area contributed by atoms with Gasteiger partial charge in [-0.05, 0) is 58.5 Å². The maximum Gasteiger partial charge on any atom is 0.499 e. The van der Waals surface area contributed by atoms with E-state index < -0.39 is 20.2 Å². The number of nitrogens with zero attached hydrogens (tertiary/aromatic N) is 2. The Morgan fingerprint density at radius 3 is 2.09 bits per heavy atom. The van der Waals surface area contributed by atoms with E-state index in [0.29, 0.717) is 63.7 Å². The van der Waals surface area contributed by atoms with Crippen molar-refractivity contribution >= 4 is 25.4 Å². The number of nitrogens with one attached hydrogen (secondary N) is 2. The third kappa shape index (κ3) is 14.8. The number of rotatable bonds is 21. The van der Waals surface area contributed by atoms with E-state index in [-0.39, 0.29) is 61.7 Å². The van der Waals surface area contributed by atoms with Crippen LogP contribution in [0.25, 0.3) is 0 Å². The molecule has 2 fully saturated rings. The first-order valence-electron chi connectivity index (χ1n) is 16.2. The molecule has 2 aliphatic rings. The zero-order valence-electron chi connectivity index (χ0n) is 27.8. The molecular formula is C30H57N4O9P. The largest absolute Gasteiger partial charge is 0.499 e. The second-order valence-electron chi connectivity index (χ2n) is 13.0. The van der Waals surface area contributed by atoms with E-state index in [1.165, 1.54) is 4.90 Å². The summed E-state index contributed by atoms with van der Waals surface area (Å²) in [6.07, 6.45) is 1.35. The molecule has 256 valence electrons. The highest BCUT2D eigenvalue weighted by molar-refractivity contribution is 7.47. The summed E-state index contributed by atoms with van der Waals surface area (Å²) in [6.45, 7) is 16.2. The molecule has 3 N–H and O–H groups in total. The summed E-state index contributed by atoms with van der Waals surface area (Å²) < 4.78 is 29.0. The summed E-state index contributed by atoms with van der Waals surface area (Å²) in [5.74, 6) is -0.238. The Kier molecular flexibility index (Phi) is 17.0. The number of ketones is 1. The number of hydrogen-bond donors (Lipinski definition) is 3. The van der Waals surface area contributed by atoms with Crippen LogP contribution < -0.4 is 10.6 Å². The first-order valence-corrected chi connectivity index (χ1v) is 17.7. The van der Waals surface area contributed by atoms with Gasteiger partial charge >= 0.3 is 7.82 Å². The van der Waals surface area contributed by atoms with Crippen LogP contribution in [0.2, 0.25) is 0 Å². The molecule has 0 saturated carbocycles. The van der Waals surface area contributed by atoms with Crippen molar-refractivity contribution in [3.05, 3.63) is 0 Å². The van der Waals surface area contributed by atoms with Crippen molar-refractivity contribution in [1.82, 2.24) is 20.4 Å². The lowest BCUT2D eigenvalue weighted by molar-refractivity contribution is -0.285. The van der Waals surface area contributed by atoms with Crippen molar-refractivity contribution in [2.75, 3.05) is 32.8 Å². The number of likely N-dealkylation sites (tertiary alicyclic amines) is 2. The van der Waals surface area contributed by atoms with Gasteiger partial charge in [0.25, 0.3) is 0 Å². The van der Waals surface area contributed by atoms with Crippen LogP contribution in [0.3, 0.4) is 0 Å². The van der Waals surface area contributed by atoms with Crippen LogP contribution in [0.5, 0.6) is 0 Å². The molecule has 2 amide bonds. The zero-order chi connectivity index (χ0) is 32.9. The van der Waals surface area contributed by atoms with Gasteiger partial charge in [-0.1, -0.05) is 34.6 Å². The Morgan fingerprint density at radius 1 is 0.864 bits per heavy atom. The van der Waals surface area contributed by atoms with Gasteiger partial charge in [-0.2, -0.15) is 0 Å². The molecule has 5 atom stereocenters. The molecule has 2 rings (SSSR count). The van der Waals surface area contributed by atoms with Crippen molar-refractivity contribution in [2.45, 2.75) is 136 Å². The van der Waals surface area contributed by atoms with Crippen LogP contribution in [-0.2, 0) is 37.8 Å². The van der Waals surface area contributed by atoms with Crippen molar-refractivity contribution in [3.8, 4) is 0 Å². The fourth-order valence-corrected chi connectivity index (χ4v) is 6.12. The number of ether oxygens (including phenoxy) is 1. The van der Waals surface area contributed by atoms with Gasteiger partial charge < -0.3 is 30.1 Å². The highest BCUT2D eigenvalue weighted by Crippen LogP contribution is 2.47. The molecule has 0 aliphatic carbocycles. The standard InChI is InChI=1S/C30H57N4O9P/c1-21(2)31-14-8-10-26(35)12-13-29(37)34-18-24(7)16-30(34)41-43-44(38,39)42-27-17-25(20-40-23(5)6)33(19-27)28(36)11-9-15-32-22(3)4/h21-25,27,30-32H,8-20H2,1-7H3,(H,38,39)/t24-,25+,27-,30-/m1/s1. The zero-order valence-corrected chi connectivity index (χ0v) is 28.7. The molecule has 2 heterocycles. The van der Waals surface area contributed by atoms with Crippen LogP contribution in [-0.4, -0.2) is 102 Å². The van der Waals surface area contributed by atoms with Crippen LogP contribution in [0.4, 0.5) is 0 Å². The number of Topliss-reactive ketones (excluding diaryl/α,β-unsaturated/α-hetero) is 1. The molecule has 44 heavy (non-hydrogen) atoms. The van der Waals surface area contributed by atoms with Crippen LogP contribution in [0, 0.1) is 5.92 Å². The lowest BCUT2D eigenvalue weighted by Gasteiger charge is -2.25. The normalized spacial score (nSPS) is 23.7. The number of hydrogen-bond acceptors (Lipinski definition) is 10. The number of carbonyl (C=O) groups is 3. The van der Waals surface area contributed by atoms with Crippen LogP contribution in [0.15, 0.2) is 0 Å². The van der Waals surface area contributed by atoms with Gasteiger partial charge in [0, 0.05) is 50.9 Å². The third-order valence-corrected chi connectivity index (χ3v) is 8.39. The summed E-state index contributed by atoms with van der Waals surface area (Å²) in [5.41, 5.74) is 0. The summed E-state index contributed by atoms with van der Waals surface area (Å²) in [6, 6.07) is 0.386. The first-order chi connectivity index (χ1) is 20.7. The maximum absolute atomic E-state index is 13.0. The lowest BCUT2D eigenvalue weighted by atomic mass is 10.1. The Hall–Kier alpha value is -1.44. The fourth-order valence-electron chi connectivity index (χ4n) is 5.35. The van der Waals surface area contributed by atoms with E-state index in [2.05, 4.69) is 10.6 Å². The van der Waals surface area contributed by atoms with E-state index in [4.69, 9.17) is 18.8 Å². The van der Waals surface area contributed by atoms with Gasteiger partial charge in [0.2, 0.25) is 11.8 Å². The van der Waals surface area contributed by atoms with E-state index >= 15 is 0 Å². The van der Waals surface area contributed by atoms with E-state index in [0.717, 1.165) is 6.54 Å². The van der Waals surface area contributed by atoms with Crippen LogP contribution >= 0.6 is 7.82 Å². The fraction of sp³-hybridized carbons (Fsp3) is 0.900. The monoisotopic (exact) mass is 648 g/mol. The minimum absolute atomic E-state index is 0.0199. The van der Waals surface area contributed by atoms with Gasteiger partial charge in [0.05, 0.1) is 24.9 Å². The van der Waals surface area contributed by atoms with Crippen LogP contribution in [0.1, 0.15) is 99.8 Å². The molecule has 0 aromatic rings. The highest BCUT2D eigenvalue weighted by atomic mass is 31.2. The number of carbonyl (C=O) groups excluding carboxylic acids is 3. The first kappa shape index (κ1) is 38.7. The predicted octanol–water partition coefficient (Wildman–Crippen LogP) is 3.55. The molecule has 0 spiro atoms. The molecular weight excluding hydrogens is 591 g/mol. The molecule has 0 bridgehead atoms.